The van der Waals surface area contributed by atoms with E-state index in [1.54, 1.807) is 0 Å². The third-order valence-corrected chi connectivity index (χ3v) is 7.81. The Morgan fingerprint density at radius 3 is 1.35 bits per heavy atom. The second kappa shape index (κ2) is 9.52. The van der Waals surface area contributed by atoms with E-state index < -0.39 is 54.2 Å². The number of benzene rings is 2. The molecule has 2 aromatic rings. The number of carbonyl (C=O) groups is 2. The van der Waals surface area contributed by atoms with Crippen LogP contribution < -0.4 is 5.32 Å². The minimum Gasteiger partial charge on any atom is -0.468 e. The number of nitrogens with one attached hydrogen (secondary N) is 1. The Morgan fingerprint density at radius 2 is 1.09 bits per heavy atom. The highest BCUT2D eigenvalue weighted by Crippen LogP contribution is 2.39. The van der Waals surface area contributed by atoms with Crippen LogP contribution in [0.5, 0.6) is 0 Å². The largest absolute Gasteiger partial charge is 0.468 e. The minimum absolute atomic E-state index is 0.208. The lowest BCUT2D eigenvalue weighted by molar-refractivity contribution is -0.385. The Labute approximate surface area is 192 Å². The van der Waals surface area contributed by atoms with Crippen LogP contribution in [0, 0.1) is 20.2 Å². The third kappa shape index (κ3) is 4.45. The van der Waals surface area contributed by atoms with Crippen molar-refractivity contribution in [3.63, 3.8) is 0 Å². The molecule has 4 atom stereocenters. The lowest BCUT2D eigenvalue weighted by Gasteiger charge is -2.40. The van der Waals surface area contributed by atoms with Crippen molar-refractivity contribution in [1.29, 1.82) is 0 Å². The molecule has 1 fully saturated rings. The summed E-state index contributed by atoms with van der Waals surface area (Å²) in [5, 5.41) is 21.2. The number of nitrogens with zero attached hydrogens (tertiary/aromatic N) is 2. The van der Waals surface area contributed by atoms with Crippen molar-refractivity contribution in [2.45, 2.75) is 22.6 Å². The molecule has 0 saturated carbocycles. The number of carbonyl (C=O) groups excluding carboxylic acids is 2. The molecule has 1 aliphatic rings. The van der Waals surface area contributed by atoms with E-state index in [2.05, 4.69) is 5.32 Å². The van der Waals surface area contributed by atoms with Crippen molar-refractivity contribution in [2.24, 2.45) is 0 Å². The average Bonchev–Trinajstić information content (AvgIpc) is 2.82. The first-order valence-corrected chi connectivity index (χ1v) is 11.3. The smallest absolute Gasteiger partial charge is 0.326 e. The van der Waals surface area contributed by atoms with Crippen LogP contribution in [-0.4, -0.2) is 54.9 Å². The highest BCUT2D eigenvalue weighted by atomic mass is 32.2. The summed E-state index contributed by atoms with van der Waals surface area (Å²) in [4.78, 5) is 45.9. The van der Waals surface area contributed by atoms with Crippen molar-refractivity contribution < 1.29 is 37.3 Å². The van der Waals surface area contributed by atoms with E-state index in [9.17, 15) is 38.2 Å². The molecule has 1 heterocycles. The predicted octanol–water partition coefficient (Wildman–Crippen LogP) is 1.39. The van der Waals surface area contributed by atoms with Gasteiger partial charge in [-0.05, 0) is 11.1 Å². The summed E-state index contributed by atoms with van der Waals surface area (Å²) < 4.78 is 36.5. The van der Waals surface area contributed by atoms with Crippen LogP contribution in [0.4, 0.5) is 11.4 Å². The molecule has 0 aliphatic carbocycles. The van der Waals surface area contributed by atoms with Gasteiger partial charge < -0.3 is 9.47 Å². The number of sulfone groups is 1. The van der Waals surface area contributed by atoms with E-state index in [0.717, 1.165) is 38.5 Å². The number of esters is 2. The standard InChI is InChI=1S/C20H19N3O10S/c1-32-19(24)17-15(11-3-7-13(8-4-11)22(26)27)21-16(18(20(25)33-2)34(17,30)31)12-5-9-14(10-6-12)23(28)29/h3-10,15-18,21H,1-2H3. The summed E-state index contributed by atoms with van der Waals surface area (Å²) in [6.07, 6.45) is 0. The first-order chi connectivity index (χ1) is 16.0. The molecule has 1 aliphatic heterocycles. The molecule has 34 heavy (non-hydrogen) atoms. The zero-order valence-corrected chi connectivity index (χ0v) is 18.6. The van der Waals surface area contributed by atoms with Gasteiger partial charge in [-0.25, -0.2) is 8.42 Å². The summed E-state index contributed by atoms with van der Waals surface area (Å²) in [6.45, 7) is 0. The van der Waals surface area contributed by atoms with E-state index in [1.807, 2.05) is 0 Å². The first-order valence-electron chi connectivity index (χ1n) is 9.66. The summed E-state index contributed by atoms with van der Waals surface area (Å²) in [7, 11) is -2.64. The van der Waals surface area contributed by atoms with Gasteiger partial charge in [0.2, 0.25) is 0 Å². The van der Waals surface area contributed by atoms with Gasteiger partial charge in [0.05, 0.1) is 36.1 Å². The second-order valence-corrected chi connectivity index (χ2v) is 9.49. The van der Waals surface area contributed by atoms with Crippen molar-refractivity contribution in [3.05, 3.63) is 79.9 Å². The molecule has 0 radical (unpaired) electrons. The normalized spacial score (nSPS) is 23.5. The van der Waals surface area contributed by atoms with Gasteiger partial charge in [0, 0.05) is 24.3 Å². The maximum absolute atomic E-state index is 13.6. The topological polar surface area (TPSA) is 185 Å². The molecule has 1 N–H and O–H groups in total. The van der Waals surface area contributed by atoms with Crippen molar-refractivity contribution >= 4 is 33.2 Å². The quantitative estimate of drug-likeness (QED) is 0.348. The summed E-state index contributed by atoms with van der Waals surface area (Å²) in [5.74, 6) is -2.29. The monoisotopic (exact) mass is 493 g/mol. The number of hydrogen-bond donors (Lipinski definition) is 1. The summed E-state index contributed by atoms with van der Waals surface area (Å²) in [6, 6.07) is 7.18. The van der Waals surface area contributed by atoms with E-state index in [1.165, 1.54) is 24.3 Å². The fourth-order valence-corrected chi connectivity index (χ4v) is 6.10. The van der Waals surface area contributed by atoms with Crippen molar-refractivity contribution in [3.8, 4) is 0 Å². The number of rotatable bonds is 6. The molecule has 4 unspecified atom stereocenters. The Morgan fingerprint density at radius 1 is 0.765 bits per heavy atom. The van der Waals surface area contributed by atoms with E-state index in [4.69, 9.17) is 9.47 Å². The Hall–Kier alpha value is -3.91. The minimum atomic E-state index is -4.61. The lowest BCUT2D eigenvalue weighted by atomic mass is 9.96. The molecule has 180 valence electrons. The Balaban J connectivity index is 2.18. The molecule has 3 rings (SSSR count). The fraction of sp³-hybridized carbons (Fsp3) is 0.300. The number of nitro groups is 2. The highest BCUT2D eigenvalue weighted by Gasteiger charge is 2.56. The molecular formula is C20H19N3O10S. The number of ether oxygens (including phenoxy) is 2. The van der Waals surface area contributed by atoms with Crippen molar-refractivity contribution in [1.82, 2.24) is 5.32 Å². The Bertz CT molecular complexity index is 1140. The number of hydrogen-bond acceptors (Lipinski definition) is 11. The maximum Gasteiger partial charge on any atom is 0.326 e. The average molecular weight is 493 g/mol. The fourth-order valence-electron chi connectivity index (χ4n) is 3.83. The van der Waals surface area contributed by atoms with Crippen LogP contribution in [0.2, 0.25) is 0 Å². The molecule has 2 aromatic carbocycles. The van der Waals surface area contributed by atoms with Gasteiger partial charge in [-0.1, -0.05) is 24.3 Å². The number of nitro benzene ring substituents is 2. The SMILES string of the molecule is COC(=O)C1C(c2ccc([N+](=O)[O-])cc2)NC(c2ccc([N+](=O)[O-])cc2)C(C(=O)OC)S1(=O)=O. The van der Waals surface area contributed by atoms with Gasteiger partial charge in [-0.15, -0.1) is 0 Å². The first kappa shape index (κ1) is 24.7. The predicted molar refractivity (Wildman–Crippen MR) is 115 cm³/mol. The second-order valence-electron chi connectivity index (χ2n) is 7.30. The van der Waals surface area contributed by atoms with Crippen LogP contribution in [-0.2, 0) is 28.9 Å². The molecule has 13 nitrogen and oxygen atoms in total. The molecule has 0 aromatic heterocycles. The molecule has 0 amide bonds. The van der Waals surface area contributed by atoms with E-state index >= 15 is 0 Å². The van der Waals surface area contributed by atoms with Crippen molar-refractivity contribution in [2.75, 3.05) is 14.2 Å². The van der Waals surface area contributed by atoms with Gasteiger partial charge in [-0.3, -0.25) is 35.1 Å². The van der Waals surface area contributed by atoms with Gasteiger partial charge in [-0.2, -0.15) is 0 Å². The van der Waals surface area contributed by atoms with E-state index in [0.29, 0.717) is 0 Å². The summed E-state index contributed by atoms with van der Waals surface area (Å²) >= 11 is 0. The highest BCUT2D eigenvalue weighted by molar-refractivity contribution is 7.94. The Kier molecular flexibility index (Phi) is 6.93. The van der Waals surface area contributed by atoms with Gasteiger partial charge >= 0.3 is 11.9 Å². The molecule has 0 spiro atoms. The molecule has 0 bridgehead atoms. The third-order valence-electron chi connectivity index (χ3n) is 5.47. The van der Waals surface area contributed by atoms with Crippen LogP contribution in [0.25, 0.3) is 0 Å². The van der Waals surface area contributed by atoms with Crippen LogP contribution >= 0.6 is 0 Å². The number of non-ortho nitro benzene ring substituents is 2. The van der Waals surface area contributed by atoms with Crippen LogP contribution in [0.3, 0.4) is 0 Å². The summed E-state index contributed by atoms with van der Waals surface area (Å²) in [5.41, 5.74) is -0.0904. The lowest BCUT2D eigenvalue weighted by Crippen LogP contribution is -2.59. The van der Waals surface area contributed by atoms with E-state index in [-0.39, 0.29) is 22.5 Å². The number of methoxy groups -OCH3 is 2. The van der Waals surface area contributed by atoms with Gasteiger partial charge in [0.15, 0.2) is 20.3 Å². The maximum atomic E-state index is 13.6. The van der Waals surface area contributed by atoms with Crippen LogP contribution in [0.15, 0.2) is 48.5 Å². The zero-order valence-electron chi connectivity index (χ0n) is 17.8. The van der Waals surface area contributed by atoms with Crippen LogP contribution in [0.1, 0.15) is 23.2 Å². The van der Waals surface area contributed by atoms with Gasteiger partial charge in [0.25, 0.3) is 11.4 Å². The van der Waals surface area contributed by atoms with Gasteiger partial charge in [0.1, 0.15) is 0 Å². The molecule has 1 saturated heterocycles. The zero-order chi connectivity index (χ0) is 25.2. The molecule has 14 heteroatoms. The molecular weight excluding hydrogens is 474 g/mol.